The Bertz CT molecular complexity index is 292. The first-order valence-electron chi connectivity index (χ1n) is 6.86. The van der Waals surface area contributed by atoms with Gasteiger partial charge in [-0.1, -0.05) is 25.3 Å². The SMILES string of the molecule is C=CC1CCN(C(=O)C2(N)CCCCC2)CC1.Cl. The van der Waals surface area contributed by atoms with Crippen LogP contribution in [0.25, 0.3) is 0 Å². The molecule has 0 bridgehead atoms. The Morgan fingerprint density at radius 3 is 2.28 bits per heavy atom. The van der Waals surface area contributed by atoms with E-state index in [9.17, 15) is 4.79 Å². The van der Waals surface area contributed by atoms with E-state index in [1.807, 2.05) is 11.0 Å². The van der Waals surface area contributed by atoms with Gasteiger partial charge in [-0.3, -0.25) is 4.79 Å². The molecule has 1 saturated carbocycles. The molecule has 3 nitrogen and oxygen atoms in total. The third kappa shape index (κ3) is 3.27. The van der Waals surface area contributed by atoms with Crippen molar-refractivity contribution in [3.05, 3.63) is 12.7 Å². The zero-order chi connectivity index (χ0) is 12.3. The van der Waals surface area contributed by atoms with Crippen molar-refractivity contribution in [3.63, 3.8) is 0 Å². The zero-order valence-electron chi connectivity index (χ0n) is 11.1. The van der Waals surface area contributed by atoms with Crippen LogP contribution in [0.2, 0.25) is 0 Å². The number of piperidine rings is 1. The molecule has 2 aliphatic rings. The van der Waals surface area contributed by atoms with E-state index in [-0.39, 0.29) is 18.3 Å². The van der Waals surface area contributed by atoms with Crippen molar-refractivity contribution in [1.82, 2.24) is 4.90 Å². The van der Waals surface area contributed by atoms with E-state index in [1.54, 1.807) is 0 Å². The van der Waals surface area contributed by atoms with E-state index in [0.29, 0.717) is 5.92 Å². The first-order valence-corrected chi connectivity index (χ1v) is 6.86. The molecule has 4 heteroatoms. The predicted octanol–water partition coefficient (Wildman–Crippen LogP) is 2.49. The van der Waals surface area contributed by atoms with Gasteiger partial charge in [-0.05, 0) is 31.6 Å². The summed E-state index contributed by atoms with van der Waals surface area (Å²) in [7, 11) is 0. The highest BCUT2D eigenvalue weighted by Gasteiger charge is 2.39. The number of carbonyl (C=O) groups is 1. The second kappa shape index (κ2) is 6.58. The van der Waals surface area contributed by atoms with Crippen molar-refractivity contribution in [2.45, 2.75) is 50.5 Å². The monoisotopic (exact) mass is 272 g/mol. The van der Waals surface area contributed by atoms with Crippen LogP contribution in [-0.2, 0) is 4.79 Å². The number of carbonyl (C=O) groups excluding carboxylic acids is 1. The number of nitrogens with zero attached hydrogens (tertiary/aromatic N) is 1. The third-order valence-corrected chi connectivity index (χ3v) is 4.33. The topological polar surface area (TPSA) is 46.3 Å². The first kappa shape index (κ1) is 15.5. The van der Waals surface area contributed by atoms with Crippen LogP contribution >= 0.6 is 12.4 Å². The number of halogens is 1. The molecule has 1 aliphatic carbocycles. The Balaban J connectivity index is 0.00000162. The Kier molecular flexibility index (Phi) is 5.67. The number of hydrogen-bond acceptors (Lipinski definition) is 2. The van der Waals surface area contributed by atoms with E-state index >= 15 is 0 Å². The molecule has 0 aromatic carbocycles. The molecule has 2 rings (SSSR count). The van der Waals surface area contributed by atoms with Gasteiger partial charge in [0, 0.05) is 13.1 Å². The van der Waals surface area contributed by atoms with Gasteiger partial charge in [0.25, 0.3) is 0 Å². The second-order valence-electron chi connectivity index (χ2n) is 5.58. The van der Waals surface area contributed by atoms with E-state index in [0.717, 1.165) is 51.6 Å². The van der Waals surface area contributed by atoms with Crippen LogP contribution in [0.15, 0.2) is 12.7 Å². The molecular formula is C14H25ClN2O. The molecule has 0 spiro atoms. The van der Waals surface area contributed by atoms with Gasteiger partial charge in [-0.25, -0.2) is 0 Å². The van der Waals surface area contributed by atoms with Gasteiger partial charge in [0.1, 0.15) is 0 Å². The smallest absolute Gasteiger partial charge is 0.242 e. The van der Waals surface area contributed by atoms with Gasteiger partial charge in [-0.15, -0.1) is 19.0 Å². The zero-order valence-corrected chi connectivity index (χ0v) is 11.9. The summed E-state index contributed by atoms with van der Waals surface area (Å²) in [6, 6.07) is 0. The first-order chi connectivity index (χ1) is 8.15. The van der Waals surface area contributed by atoms with E-state index in [4.69, 9.17) is 5.73 Å². The van der Waals surface area contributed by atoms with Crippen molar-refractivity contribution in [2.24, 2.45) is 11.7 Å². The third-order valence-electron chi connectivity index (χ3n) is 4.33. The summed E-state index contributed by atoms with van der Waals surface area (Å²) in [5, 5.41) is 0. The maximum absolute atomic E-state index is 12.4. The van der Waals surface area contributed by atoms with Gasteiger partial charge < -0.3 is 10.6 Å². The van der Waals surface area contributed by atoms with Gasteiger partial charge in [0.2, 0.25) is 5.91 Å². The molecule has 2 fully saturated rings. The largest absolute Gasteiger partial charge is 0.341 e. The molecule has 0 atom stereocenters. The lowest BCUT2D eigenvalue weighted by atomic mass is 9.81. The fraction of sp³-hybridized carbons (Fsp3) is 0.786. The maximum Gasteiger partial charge on any atom is 0.242 e. The summed E-state index contributed by atoms with van der Waals surface area (Å²) in [6.07, 6.45) is 9.28. The van der Waals surface area contributed by atoms with Gasteiger partial charge in [-0.2, -0.15) is 0 Å². The van der Waals surface area contributed by atoms with Crippen molar-refractivity contribution in [2.75, 3.05) is 13.1 Å². The molecule has 0 radical (unpaired) electrons. The fourth-order valence-electron chi connectivity index (χ4n) is 3.05. The molecule has 2 N–H and O–H groups in total. The van der Waals surface area contributed by atoms with E-state index in [1.165, 1.54) is 6.42 Å². The number of amides is 1. The average molecular weight is 273 g/mol. The predicted molar refractivity (Wildman–Crippen MR) is 76.8 cm³/mol. The van der Waals surface area contributed by atoms with E-state index < -0.39 is 5.54 Å². The summed E-state index contributed by atoms with van der Waals surface area (Å²) in [5.74, 6) is 0.777. The molecule has 18 heavy (non-hydrogen) atoms. The summed E-state index contributed by atoms with van der Waals surface area (Å²) >= 11 is 0. The maximum atomic E-state index is 12.4. The van der Waals surface area contributed by atoms with Gasteiger partial charge in [0.05, 0.1) is 5.54 Å². The fourth-order valence-corrected chi connectivity index (χ4v) is 3.05. The molecular weight excluding hydrogens is 248 g/mol. The van der Waals surface area contributed by atoms with Crippen molar-refractivity contribution < 1.29 is 4.79 Å². The number of allylic oxidation sites excluding steroid dienone is 1. The highest BCUT2D eigenvalue weighted by Crippen LogP contribution is 2.29. The van der Waals surface area contributed by atoms with Crippen LogP contribution in [0.5, 0.6) is 0 Å². The van der Waals surface area contributed by atoms with E-state index in [2.05, 4.69) is 6.58 Å². The quantitative estimate of drug-likeness (QED) is 0.785. The summed E-state index contributed by atoms with van der Waals surface area (Å²) in [5.41, 5.74) is 5.73. The Hall–Kier alpha value is -0.540. The number of likely N-dealkylation sites (tertiary alicyclic amines) is 1. The molecule has 0 aromatic heterocycles. The van der Waals surface area contributed by atoms with Crippen molar-refractivity contribution in [1.29, 1.82) is 0 Å². The average Bonchev–Trinajstić information content (AvgIpc) is 2.39. The normalized spacial score (nSPS) is 24.2. The highest BCUT2D eigenvalue weighted by molar-refractivity contribution is 5.86. The number of rotatable bonds is 2. The van der Waals surface area contributed by atoms with Crippen LogP contribution in [0.3, 0.4) is 0 Å². The lowest BCUT2D eigenvalue weighted by Gasteiger charge is -2.39. The molecule has 0 aromatic rings. The Labute approximate surface area is 116 Å². The lowest BCUT2D eigenvalue weighted by molar-refractivity contribution is -0.139. The van der Waals surface area contributed by atoms with Crippen LogP contribution in [0, 0.1) is 5.92 Å². The molecule has 1 saturated heterocycles. The number of nitrogens with two attached hydrogens (primary N) is 1. The molecule has 1 aliphatic heterocycles. The van der Waals surface area contributed by atoms with Gasteiger partial charge in [0.15, 0.2) is 0 Å². The minimum Gasteiger partial charge on any atom is -0.341 e. The minimum atomic E-state index is -0.556. The van der Waals surface area contributed by atoms with Crippen LogP contribution in [0.1, 0.15) is 44.9 Å². The van der Waals surface area contributed by atoms with Crippen molar-refractivity contribution in [3.8, 4) is 0 Å². The number of hydrogen-bond donors (Lipinski definition) is 1. The molecule has 0 unspecified atom stereocenters. The summed E-state index contributed by atoms with van der Waals surface area (Å²) in [6.45, 7) is 5.54. The Morgan fingerprint density at radius 1 is 1.22 bits per heavy atom. The van der Waals surface area contributed by atoms with Crippen LogP contribution < -0.4 is 5.73 Å². The summed E-state index contributed by atoms with van der Waals surface area (Å²) in [4.78, 5) is 14.4. The lowest BCUT2D eigenvalue weighted by Crippen LogP contribution is -2.57. The van der Waals surface area contributed by atoms with Crippen molar-refractivity contribution >= 4 is 18.3 Å². The molecule has 1 heterocycles. The Morgan fingerprint density at radius 2 is 1.78 bits per heavy atom. The van der Waals surface area contributed by atoms with Gasteiger partial charge >= 0.3 is 0 Å². The molecule has 104 valence electrons. The second-order valence-corrected chi connectivity index (χ2v) is 5.58. The molecule has 1 amide bonds. The minimum absolute atomic E-state index is 0. The summed E-state index contributed by atoms with van der Waals surface area (Å²) < 4.78 is 0. The standard InChI is InChI=1S/C14H24N2O.ClH/c1-2-12-6-10-16(11-7-12)13(17)14(15)8-4-3-5-9-14;/h2,12H,1,3-11,15H2;1H. The highest BCUT2D eigenvalue weighted by atomic mass is 35.5. The van der Waals surface area contributed by atoms with Crippen LogP contribution in [0.4, 0.5) is 0 Å². The van der Waals surface area contributed by atoms with Crippen LogP contribution in [-0.4, -0.2) is 29.4 Å².